The highest BCUT2D eigenvalue weighted by Crippen LogP contribution is 2.34. The lowest BCUT2D eigenvalue weighted by atomic mass is 10.1. The predicted octanol–water partition coefficient (Wildman–Crippen LogP) is 5.26. The molecule has 3 rings (SSSR count). The summed E-state index contributed by atoms with van der Waals surface area (Å²) in [4.78, 5) is 2.55. The van der Waals surface area contributed by atoms with E-state index in [1.165, 1.54) is 19.4 Å². The summed E-state index contributed by atoms with van der Waals surface area (Å²) in [5.41, 5.74) is 2.10. The molecule has 0 amide bonds. The van der Waals surface area contributed by atoms with E-state index in [-0.39, 0.29) is 0 Å². The third-order valence-electron chi connectivity index (χ3n) is 5.27. The molecule has 1 unspecified atom stereocenters. The molecule has 0 bridgehead atoms. The molecule has 0 aliphatic carbocycles. The summed E-state index contributed by atoms with van der Waals surface area (Å²) in [7, 11) is 1.67. The van der Waals surface area contributed by atoms with E-state index in [1.54, 1.807) is 7.11 Å². The molecule has 2 aromatic rings. The van der Waals surface area contributed by atoms with Crippen LogP contribution >= 0.6 is 27.5 Å². The number of halogens is 2. The summed E-state index contributed by atoms with van der Waals surface area (Å²) < 4.78 is 12.5. The molecule has 0 saturated carbocycles. The third kappa shape index (κ3) is 5.41. The summed E-state index contributed by atoms with van der Waals surface area (Å²) >= 11 is 9.90. The van der Waals surface area contributed by atoms with Gasteiger partial charge >= 0.3 is 0 Å². The van der Waals surface area contributed by atoms with Crippen LogP contribution in [0.3, 0.4) is 0 Å². The average molecular weight is 468 g/mol. The Kier molecular flexibility index (Phi) is 8.03. The normalized spacial score (nSPS) is 17.1. The van der Waals surface area contributed by atoms with E-state index in [0.717, 1.165) is 41.0 Å². The standard InChI is InChI=1S/C22H28BrClN2O2/c1-3-26-10-6-8-18(26)14-25-13-17-11-21(27-2)22(12-19(17)23)28-15-16-7-4-5-9-20(16)24/h4-5,7,9,11-12,18,25H,3,6,8,10,13-15H2,1-2H3. The van der Waals surface area contributed by atoms with Crippen LogP contribution in [0.5, 0.6) is 11.5 Å². The first-order valence-electron chi connectivity index (χ1n) is 9.79. The molecular formula is C22H28BrClN2O2. The Morgan fingerprint density at radius 3 is 2.79 bits per heavy atom. The SMILES string of the molecule is CCN1CCCC1CNCc1cc(OC)c(OCc2ccccc2Cl)cc1Br. The number of likely N-dealkylation sites (N-methyl/N-ethyl adjacent to an activating group) is 1. The molecule has 1 heterocycles. The second-order valence-electron chi connectivity index (χ2n) is 7.03. The van der Waals surface area contributed by atoms with E-state index in [1.807, 2.05) is 36.4 Å². The topological polar surface area (TPSA) is 33.7 Å². The fourth-order valence-corrected chi connectivity index (χ4v) is 4.32. The second-order valence-corrected chi connectivity index (χ2v) is 8.29. The van der Waals surface area contributed by atoms with Crippen molar-refractivity contribution in [3.63, 3.8) is 0 Å². The summed E-state index contributed by atoms with van der Waals surface area (Å²) in [6.07, 6.45) is 2.58. The first kappa shape index (κ1) is 21.4. The maximum absolute atomic E-state index is 6.22. The average Bonchev–Trinajstić information content (AvgIpc) is 3.16. The number of nitrogens with zero attached hydrogens (tertiary/aromatic N) is 1. The summed E-state index contributed by atoms with van der Waals surface area (Å²) in [6.45, 7) is 6.78. The zero-order valence-corrected chi connectivity index (χ0v) is 18.9. The van der Waals surface area contributed by atoms with E-state index in [2.05, 4.69) is 33.1 Å². The first-order valence-corrected chi connectivity index (χ1v) is 11.0. The Hall–Kier alpha value is -1.27. The van der Waals surface area contributed by atoms with Gasteiger partial charge in [-0.2, -0.15) is 0 Å². The molecule has 0 aromatic heterocycles. The zero-order chi connectivity index (χ0) is 19.9. The van der Waals surface area contributed by atoms with E-state index >= 15 is 0 Å². The fourth-order valence-electron chi connectivity index (χ4n) is 3.67. The highest BCUT2D eigenvalue weighted by atomic mass is 79.9. The Labute approximate surface area is 181 Å². The van der Waals surface area contributed by atoms with Crippen LogP contribution in [0.15, 0.2) is 40.9 Å². The maximum atomic E-state index is 6.22. The van der Waals surface area contributed by atoms with E-state index < -0.39 is 0 Å². The number of hydrogen-bond acceptors (Lipinski definition) is 4. The molecule has 0 radical (unpaired) electrons. The monoisotopic (exact) mass is 466 g/mol. The molecule has 6 heteroatoms. The maximum Gasteiger partial charge on any atom is 0.162 e. The number of rotatable bonds is 9. The predicted molar refractivity (Wildman–Crippen MR) is 118 cm³/mol. The van der Waals surface area contributed by atoms with Crippen LogP contribution in [0.1, 0.15) is 30.9 Å². The molecule has 1 aliphatic rings. The van der Waals surface area contributed by atoms with Crippen LogP contribution in [0, 0.1) is 0 Å². The minimum absolute atomic E-state index is 0.397. The van der Waals surface area contributed by atoms with Gasteiger partial charge in [-0.1, -0.05) is 52.7 Å². The second kappa shape index (κ2) is 10.5. The van der Waals surface area contributed by atoms with Crippen molar-refractivity contribution in [3.05, 3.63) is 57.0 Å². The highest BCUT2D eigenvalue weighted by molar-refractivity contribution is 9.10. The molecule has 2 aromatic carbocycles. The number of benzene rings is 2. The van der Waals surface area contributed by atoms with Gasteiger partial charge in [0.15, 0.2) is 11.5 Å². The third-order valence-corrected chi connectivity index (χ3v) is 6.38. The van der Waals surface area contributed by atoms with Crippen molar-refractivity contribution in [2.24, 2.45) is 0 Å². The summed E-state index contributed by atoms with van der Waals surface area (Å²) in [5, 5.41) is 4.30. The van der Waals surface area contributed by atoms with Crippen LogP contribution < -0.4 is 14.8 Å². The molecule has 4 nitrogen and oxygen atoms in total. The summed E-state index contributed by atoms with van der Waals surface area (Å²) in [6, 6.07) is 12.3. The molecule has 1 fully saturated rings. The van der Waals surface area contributed by atoms with E-state index in [4.69, 9.17) is 21.1 Å². The van der Waals surface area contributed by atoms with Gasteiger partial charge in [0, 0.05) is 34.2 Å². The molecule has 0 spiro atoms. The fraction of sp³-hybridized carbons (Fsp3) is 0.455. The van der Waals surface area contributed by atoms with Gasteiger partial charge in [0.2, 0.25) is 0 Å². The Balaban J connectivity index is 1.61. The molecule has 1 saturated heterocycles. The van der Waals surface area contributed by atoms with E-state index in [0.29, 0.717) is 23.4 Å². The lowest BCUT2D eigenvalue weighted by Crippen LogP contribution is -2.37. The number of methoxy groups -OCH3 is 1. The minimum atomic E-state index is 0.397. The Bertz CT molecular complexity index is 787. The van der Waals surface area contributed by atoms with Crippen molar-refractivity contribution < 1.29 is 9.47 Å². The van der Waals surface area contributed by atoms with Gasteiger partial charge < -0.3 is 14.8 Å². The molecule has 1 aliphatic heterocycles. The largest absolute Gasteiger partial charge is 0.493 e. The van der Waals surface area contributed by atoms with Gasteiger partial charge in [0.05, 0.1) is 7.11 Å². The number of hydrogen-bond donors (Lipinski definition) is 1. The molecule has 1 atom stereocenters. The smallest absolute Gasteiger partial charge is 0.162 e. The van der Waals surface area contributed by atoms with Gasteiger partial charge in [-0.05, 0) is 49.7 Å². The van der Waals surface area contributed by atoms with Crippen LogP contribution in [0.25, 0.3) is 0 Å². The Morgan fingerprint density at radius 2 is 2.04 bits per heavy atom. The number of nitrogens with one attached hydrogen (secondary N) is 1. The van der Waals surface area contributed by atoms with Crippen molar-refractivity contribution in [2.75, 3.05) is 26.7 Å². The lowest BCUT2D eigenvalue weighted by molar-refractivity contribution is 0.259. The Morgan fingerprint density at radius 1 is 1.21 bits per heavy atom. The van der Waals surface area contributed by atoms with Gasteiger partial charge in [-0.15, -0.1) is 0 Å². The van der Waals surface area contributed by atoms with Gasteiger partial charge in [0.25, 0.3) is 0 Å². The number of ether oxygens (including phenoxy) is 2. The quantitative estimate of drug-likeness (QED) is 0.545. The van der Waals surface area contributed by atoms with Crippen LogP contribution in [-0.2, 0) is 13.2 Å². The van der Waals surface area contributed by atoms with E-state index in [9.17, 15) is 0 Å². The molecule has 1 N–H and O–H groups in total. The highest BCUT2D eigenvalue weighted by Gasteiger charge is 2.22. The van der Waals surface area contributed by atoms with Crippen molar-refractivity contribution in [2.45, 2.75) is 39.0 Å². The summed E-state index contributed by atoms with van der Waals surface area (Å²) in [5.74, 6) is 1.43. The number of likely N-dealkylation sites (tertiary alicyclic amines) is 1. The van der Waals surface area contributed by atoms with Crippen LogP contribution in [0.2, 0.25) is 5.02 Å². The minimum Gasteiger partial charge on any atom is -0.493 e. The van der Waals surface area contributed by atoms with Gasteiger partial charge in [-0.25, -0.2) is 0 Å². The van der Waals surface area contributed by atoms with Crippen molar-refractivity contribution in [3.8, 4) is 11.5 Å². The molecular weight excluding hydrogens is 440 g/mol. The van der Waals surface area contributed by atoms with Crippen LogP contribution in [0.4, 0.5) is 0 Å². The van der Waals surface area contributed by atoms with Gasteiger partial charge in [-0.3, -0.25) is 4.90 Å². The first-order chi connectivity index (χ1) is 13.6. The molecule has 28 heavy (non-hydrogen) atoms. The van der Waals surface area contributed by atoms with Crippen molar-refractivity contribution in [1.29, 1.82) is 0 Å². The van der Waals surface area contributed by atoms with Crippen LogP contribution in [-0.4, -0.2) is 37.7 Å². The van der Waals surface area contributed by atoms with Crippen molar-refractivity contribution >= 4 is 27.5 Å². The zero-order valence-electron chi connectivity index (χ0n) is 16.5. The lowest BCUT2D eigenvalue weighted by Gasteiger charge is -2.23. The van der Waals surface area contributed by atoms with Crippen molar-refractivity contribution in [1.82, 2.24) is 10.2 Å². The molecule has 152 valence electrons. The van der Waals surface area contributed by atoms with Gasteiger partial charge in [0.1, 0.15) is 6.61 Å².